The molecule has 0 unspecified atom stereocenters. The number of pyridine rings is 1. The van der Waals surface area contributed by atoms with Gasteiger partial charge in [-0.05, 0) is 11.2 Å². The lowest BCUT2D eigenvalue weighted by Crippen LogP contribution is -2.51. The Bertz CT molecular complexity index is 846. The summed E-state index contributed by atoms with van der Waals surface area (Å²) in [5, 5.41) is 0.124. The number of nitrogens with zero attached hydrogens (tertiary/aromatic N) is 1. The summed E-state index contributed by atoms with van der Waals surface area (Å²) in [6.07, 6.45) is 0. The molecule has 0 bridgehead atoms. The number of aromatic nitrogens is 1. The molecular weight excluding hydrogens is 291 g/mol. The Labute approximate surface area is 162 Å². The number of hydrogen-bond acceptors (Lipinski definition) is 1. The molecule has 1 aromatic heterocycles. The van der Waals surface area contributed by atoms with Gasteiger partial charge < -0.3 is 0 Å². The van der Waals surface area contributed by atoms with Crippen LogP contribution in [-0.2, 0) is 5.21 Å². The van der Waals surface area contributed by atoms with E-state index in [0.29, 0.717) is 5.92 Å². The Balaban J connectivity index is 2.81. The molecule has 10 heteroatoms. The first kappa shape index (κ1) is 20.3. The van der Waals surface area contributed by atoms with Crippen LogP contribution in [0.4, 0.5) is 0 Å². The third-order valence-electron chi connectivity index (χ3n) is 6.76. The Morgan fingerprint density at radius 2 is 1.36 bits per heavy atom. The fraction of sp³-hybridized carbons (Fsp3) is 0.267. The van der Waals surface area contributed by atoms with Crippen LogP contribution in [0, 0.1) is 5.92 Å². The molecule has 0 saturated carbocycles. The maximum atomic E-state index is 5.13. The molecule has 1 nitrogen and oxygen atoms in total. The van der Waals surface area contributed by atoms with Gasteiger partial charge in [0, 0.05) is 0 Å². The van der Waals surface area contributed by atoms with Crippen LogP contribution in [0.25, 0.3) is 11.3 Å². The summed E-state index contributed by atoms with van der Waals surface area (Å²) >= 11 is 0. The lowest BCUT2D eigenvalue weighted by atomic mass is 9.43. The van der Waals surface area contributed by atoms with E-state index in [1.807, 2.05) is 0 Å². The molecule has 0 spiro atoms. The van der Waals surface area contributed by atoms with Gasteiger partial charge in [0.1, 0.15) is 62.8 Å². The summed E-state index contributed by atoms with van der Waals surface area (Å²) in [6.45, 7) is 4.61. The highest BCUT2D eigenvalue weighted by Gasteiger charge is 2.29. The zero-order valence-corrected chi connectivity index (χ0v) is 18.1. The molecule has 0 aliphatic heterocycles. The molecule has 0 radical (unpaired) electrons. The van der Waals surface area contributed by atoms with Crippen molar-refractivity contribution in [1.82, 2.24) is 4.98 Å². The second-order valence-corrected chi connectivity index (χ2v) is 8.66. The largest absolute Gasteiger partial charge is 0.264 e. The van der Waals surface area contributed by atoms with E-state index in [9.17, 15) is 0 Å². The highest BCUT2D eigenvalue weighted by atomic mass is 14.7. The van der Waals surface area contributed by atoms with Gasteiger partial charge in [-0.1, -0.05) is 58.5 Å². The van der Waals surface area contributed by atoms with E-state index in [2.05, 4.69) is 90.5 Å². The van der Waals surface area contributed by atoms with Crippen molar-refractivity contribution in [1.29, 1.82) is 0 Å². The average molecular weight is 318 g/mol. The first-order chi connectivity index (χ1) is 11.4. The predicted octanol–water partition coefficient (Wildman–Crippen LogP) is -10.4. The molecule has 2 aromatic rings. The van der Waals surface area contributed by atoms with Crippen molar-refractivity contribution < 1.29 is 0 Å². The highest BCUT2D eigenvalue weighted by Crippen LogP contribution is 2.22. The molecule has 0 fully saturated rings. The first-order valence-electron chi connectivity index (χ1n) is 9.47. The standard InChI is InChI=1S/C15H26B9N/c1-4(2)15(23,24)7-10(19)12(21)13(25-14(7)22)5-3-6(16)9(18)11(20)8(5)17/h3-4H,16-24H2,1-2H3. The van der Waals surface area contributed by atoms with Crippen molar-refractivity contribution in [2.75, 3.05) is 0 Å². The minimum Gasteiger partial charge on any atom is -0.264 e. The van der Waals surface area contributed by atoms with Gasteiger partial charge in [-0.15, -0.1) is 10.9 Å². The van der Waals surface area contributed by atoms with Crippen molar-refractivity contribution >= 4 is 109 Å². The quantitative estimate of drug-likeness (QED) is 0.513. The van der Waals surface area contributed by atoms with E-state index in [4.69, 9.17) is 4.98 Å². The number of hydrogen-bond donors (Lipinski definition) is 0. The molecule has 0 saturated heterocycles. The SMILES string of the molecule is Bc1cc(-c2nc(B)c(C(B)(B)C(C)C)c(B)c2B)c(B)c(B)c1B. The maximum Gasteiger partial charge on any atom is 0.164 e. The van der Waals surface area contributed by atoms with Gasteiger partial charge in [0.2, 0.25) is 0 Å². The van der Waals surface area contributed by atoms with E-state index in [0.717, 1.165) is 5.69 Å². The van der Waals surface area contributed by atoms with Gasteiger partial charge in [-0.3, -0.25) is 4.98 Å². The minimum absolute atomic E-state index is 0.124. The minimum atomic E-state index is 0.124. The fourth-order valence-electron chi connectivity index (χ4n) is 3.90. The molecule has 2 rings (SSSR count). The molecule has 0 aliphatic rings. The van der Waals surface area contributed by atoms with Gasteiger partial charge in [0.25, 0.3) is 0 Å². The Kier molecular flexibility index (Phi) is 5.62. The maximum absolute atomic E-state index is 5.13. The van der Waals surface area contributed by atoms with Gasteiger partial charge in [-0.25, -0.2) is 0 Å². The van der Waals surface area contributed by atoms with Crippen molar-refractivity contribution in [3.8, 4) is 11.3 Å². The van der Waals surface area contributed by atoms with E-state index in [-0.39, 0.29) is 5.21 Å². The third kappa shape index (κ3) is 3.34. The van der Waals surface area contributed by atoms with Crippen molar-refractivity contribution in [2.24, 2.45) is 5.92 Å². The summed E-state index contributed by atoms with van der Waals surface area (Å²) in [7, 11) is 20.3. The van der Waals surface area contributed by atoms with Crippen LogP contribution in [0.2, 0.25) is 0 Å². The molecule has 1 heterocycles. The van der Waals surface area contributed by atoms with Crippen molar-refractivity contribution in [2.45, 2.75) is 19.1 Å². The topological polar surface area (TPSA) is 12.9 Å². The number of benzene rings is 1. The average Bonchev–Trinajstić information content (AvgIpc) is 2.52. The van der Waals surface area contributed by atoms with Crippen LogP contribution in [0.5, 0.6) is 0 Å². The van der Waals surface area contributed by atoms with E-state index in [1.165, 1.54) is 49.5 Å². The molecule has 1 aromatic carbocycles. The van der Waals surface area contributed by atoms with Crippen LogP contribution in [-0.4, -0.2) is 75.6 Å². The van der Waals surface area contributed by atoms with Crippen molar-refractivity contribution in [3.63, 3.8) is 0 Å². The molecule has 0 amide bonds. The molecule has 118 valence electrons. The highest BCUT2D eigenvalue weighted by molar-refractivity contribution is 6.64. The molecule has 0 aliphatic carbocycles. The Morgan fingerprint density at radius 3 is 1.88 bits per heavy atom. The lowest BCUT2D eigenvalue weighted by molar-refractivity contribution is 0.574. The normalized spacial score (nSPS) is 11.8. The zero-order chi connectivity index (χ0) is 19.3. The van der Waals surface area contributed by atoms with E-state index in [1.54, 1.807) is 0 Å². The third-order valence-corrected chi connectivity index (χ3v) is 6.76. The van der Waals surface area contributed by atoms with Gasteiger partial charge in [-0.2, -0.15) is 0 Å². The van der Waals surface area contributed by atoms with Gasteiger partial charge >= 0.3 is 0 Å². The van der Waals surface area contributed by atoms with Gasteiger partial charge in [0.15, 0.2) is 7.85 Å². The molecular formula is C15H26B9N. The van der Waals surface area contributed by atoms with Crippen LogP contribution in [0.15, 0.2) is 6.07 Å². The summed E-state index contributed by atoms with van der Waals surface area (Å²) in [5.41, 5.74) is 13.2. The van der Waals surface area contributed by atoms with Crippen LogP contribution < -0.4 is 38.4 Å². The summed E-state index contributed by atoms with van der Waals surface area (Å²) in [6, 6.07) is 2.32. The monoisotopic (exact) mass is 319 g/mol. The van der Waals surface area contributed by atoms with Crippen LogP contribution >= 0.6 is 0 Å². The van der Waals surface area contributed by atoms with Gasteiger partial charge in [0.05, 0.1) is 5.69 Å². The predicted molar refractivity (Wildman–Crippen MR) is 141 cm³/mol. The summed E-state index contributed by atoms with van der Waals surface area (Å²) < 4.78 is 0. The first-order valence-corrected chi connectivity index (χ1v) is 9.47. The fourth-order valence-corrected chi connectivity index (χ4v) is 3.90. The van der Waals surface area contributed by atoms with Crippen LogP contribution in [0.1, 0.15) is 19.4 Å². The molecule has 25 heavy (non-hydrogen) atoms. The summed E-state index contributed by atoms with van der Waals surface area (Å²) in [4.78, 5) is 5.13. The smallest absolute Gasteiger partial charge is 0.164 e. The summed E-state index contributed by atoms with van der Waals surface area (Å²) in [5.74, 6) is 0.572. The van der Waals surface area contributed by atoms with Crippen LogP contribution in [0.3, 0.4) is 0 Å². The zero-order valence-electron chi connectivity index (χ0n) is 18.1. The Morgan fingerprint density at radius 1 is 0.800 bits per heavy atom. The molecule has 0 N–H and O–H groups in total. The van der Waals surface area contributed by atoms with E-state index < -0.39 is 0 Å². The molecule has 0 atom stereocenters. The Hall–Kier alpha value is -1.05. The van der Waals surface area contributed by atoms with E-state index >= 15 is 0 Å². The lowest BCUT2D eigenvalue weighted by Gasteiger charge is -2.35. The second kappa shape index (κ2) is 6.93. The second-order valence-electron chi connectivity index (χ2n) is 8.66. The number of rotatable bonds is 3. The van der Waals surface area contributed by atoms with Crippen molar-refractivity contribution in [3.05, 3.63) is 11.6 Å².